The van der Waals surface area contributed by atoms with E-state index in [1.807, 2.05) is 73.7 Å². The van der Waals surface area contributed by atoms with Gasteiger partial charge in [-0.2, -0.15) is 9.61 Å². The standard InChI is InChI=1S/C25H21N5O2/c1-17-19-12-6-7-13-20(19)24-27-26-23(30(24)28-17)16-29(18-10-4-3-5-11-18)25(31)21-14-8-9-15-22(21)32-2/h3-15H,16H2,1-2H3. The summed E-state index contributed by atoms with van der Waals surface area (Å²) in [6, 6.07) is 24.7. The molecule has 0 aliphatic rings. The number of anilines is 1. The highest BCUT2D eigenvalue weighted by atomic mass is 16.5. The van der Waals surface area contributed by atoms with Gasteiger partial charge >= 0.3 is 0 Å². The highest BCUT2D eigenvalue weighted by Crippen LogP contribution is 2.26. The van der Waals surface area contributed by atoms with Gasteiger partial charge in [-0.1, -0.05) is 54.6 Å². The van der Waals surface area contributed by atoms with Crippen LogP contribution in [0.2, 0.25) is 0 Å². The van der Waals surface area contributed by atoms with Gasteiger partial charge < -0.3 is 9.64 Å². The van der Waals surface area contributed by atoms with E-state index in [0.717, 1.165) is 22.2 Å². The van der Waals surface area contributed by atoms with E-state index in [0.29, 0.717) is 22.8 Å². The molecule has 0 radical (unpaired) electrons. The molecule has 7 heteroatoms. The van der Waals surface area contributed by atoms with Crippen molar-refractivity contribution in [1.82, 2.24) is 19.8 Å². The monoisotopic (exact) mass is 423 g/mol. The fourth-order valence-electron chi connectivity index (χ4n) is 3.88. The number of aromatic nitrogens is 4. The normalized spacial score (nSPS) is 11.1. The minimum Gasteiger partial charge on any atom is -0.496 e. The number of rotatable bonds is 5. The second-order valence-corrected chi connectivity index (χ2v) is 7.41. The molecule has 5 aromatic rings. The molecule has 0 aliphatic heterocycles. The lowest BCUT2D eigenvalue weighted by Gasteiger charge is -2.23. The Labute approximate surface area is 184 Å². The number of nitrogens with zero attached hydrogens (tertiary/aromatic N) is 5. The zero-order chi connectivity index (χ0) is 22.1. The second kappa shape index (κ2) is 8.11. The zero-order valence-electron chi connectivity index (χ0n) is 17.8. The molecule has 0 unspecified atom stereocenters. The van der Waals surface area contributed by atoms with Crippen LogP contribution in [-0.2, 0) is 6.54 Å². The molecule has 2 heterocycles. The Hall–Kier alpha value is -4.26. The summed E-state index contributed by atoms with van der Waals surface area (Å²) in [6.45, 7) is 2.16. The Morgan fingerprint density at radius 2 is 1.59 bits per heavy atom. The molecule has 2 aromatic heterocycles. The average Bonchev–Trinajstić information content (AvgIpc) is 3.25. The lowest BCUT2D eigenvalue weighted by Crippen LogP contribution is -2.31. The predicted molar refractivity (Wildman–Crippen MR) is 123 cm³/mol. The number of methoxy groups -OCH3 is 1. The van der Waals surface area contributed by atoms with Gasteiger partial charge in [-0.3, -0.25) is 4.79 Å². The van der Waals surface area contributed by atoms with Gasteiger partial charge in [-0.25, -0.2) is 0 Å². The van der Waals surface area contributed by atoms with Crippen molar-refractivity contribution in [1.29, 1.82) is 0 Å². The van der Waals surface area contributed by atoms with Crippen molar-refractivity contribution < 1.29 is 9.53 Å². The van der Waals surface area contributed by atoms with Crippen molar-refractivity contribution in [3.63, 3.8) is 0 Å². The van der Waals surface area contributed by atoms with Crippen LogP contribution in [0.15, 0.2) is 78.9 Å². The lowest BCUT2D eigenvalue weighted by atomic mass is 10.1. The molecule has 0 saturated heterocycles. The van der Waals surface area contributed by atoms with Crippen LogP contribution in [0.5, 0.6) is 5.75 Å². The molecule has 0 bridgehead atoms. The first-order chi connectivity index (χ1) is 15.7. The Balaban J connectivity index is 1.62. The van der Waals surface area contributed by atoms with Crippen LogP contribution in [0.3, 0.4) is 0 Å². The van der Waals surface area contributed by atoms with Crippen LogP contribution in [0.25, 0.3) is 16.4 Å². The maximum Gasteiger partial charge on any atom is 0.262 e. The molecule has 0 fully saturated rings. The van der Waals surface area contributed by atoms with Crippen LogP contribution >= 0.6 is 0 Å². The maximum atomic E-state index is 13.6. The minimum absolute atomic E-state index is 0.192. The molecular formula is C25H21N5O2. The first-order valence-electron chi connectivity index (χ1n) is 10.3. The van der Waals surface area contributed by atoms with Gasteiger partial charge in [0.2, 0.25) is 0 Å². The van der Waals surface area contributed by atoms with Crippen molar-refractivity contribution in [2.45, 2.75) is 13.5 Å². The largest absolute Gasteiger partial charge is 0.496 e. The molecule has 0 saturated carbocycles. The number of aryl methyl sites for hydroxylation is 1. The van der Waals surface area contributed by atoms with Gasteiger partial charge in [-0.15, -0.1) is 10.2 Å². The van der Waals surface area contributed by atoms with Gasteiger partial charge in [-0.05, 0) is 31.2 Å². The highest BCUT2D eigenvalue weighted by molar-refractivity contribution is 6.07. The summed E-state index contributed by atoms with van der Waals surface area (Å²) >= 11 is 0. The van der Waals surface area contributed by atoms with Crippen LogP contribution in [0.4, 0.5) is 5.69 Å². The third-order valence-corrected chi connectivity index (χ3v) is 5.46. The molecule has 0 N–H and O–H groups in total. The number of hydrogen-bond acceptors (Lipinski definition) is 5. The first kappa shape index (κ1) is 19.7. The van der Waals surface area contributed by atoms with Gasteiger partial charge in [0, 0.05) is 16.5 Å². The molecule has 0 atom stereocenters. The van der Waals surface area contributed by atoms with Crippen molar-refractivity contribution >= 4 is 28.0 Å². The number of fused-ring (bicyclic) bond motifs is 3. The summed E-state index contributed by atoms with van der Waals surface area (Å²) in [4.78, 5) is 15.3. The van der Waals surface area contributed by atoms with Gasteiger partial charge in [0.05, 0.1) is 24.9 Å². The summed E-state index contributed by atoms with van der Waals surface area (Å²) < 4.78 is 7.15. The second-order valence-electron chi connectivity index (χ2n) is 7.41. The molecular weight excluding hydrogens is 402 g/mol. The highest BCUT2D eigenvalue weighted by Gasteiger charge is 2.24. The number of amides is 1. The molecule has 32 heavy (non-hydrogen) atoms. The van der Waals surface area contributed by atoms with Crippen LogP contribution in [0, 0.1) is 6.92 Å². The Bertz CT molecular complexity index is 1430. The van der Waals surface area contributed by atoms with E-state index in [9.17, 15) is 4.79 Å². The van der Waals surface area contributed by atoms with Crippen molar-refractivity contribution in [3.05, 3.63) is 95.9 Å². The van der Waals surface area contributed by atoms with Crippen molar-refractivity contribution in [3.8, 4) is 5.75 Å². The van der Waals surface area contributed by atoms with Gasteiger partial charge in [0.1, 0.15) is 5.75 Å². The fourth-order valence-corrected chi connectivity index (χ4v) is 3.88. The number of benzene rings is 3. The average molecular weight is 423 g/mol. The van der Waals surface area contributed by atoms with E-state index < -0.39 is 0 Å². The minimum atomic E-state index is -0.192. The third kappa shape index (κ3) is 3.33. The first-order valence-corrected chi connectivity index (χ1v) is 10.3. The molecule has 5 rings (SSSR count). The van der Waals surface area contributed by atoms with Crippen molar-refractivity contribution in [2.24, 2.45) is 0 Å². The Morgan fingerprint density at radius 1 is 0.906 bits per heavy atom. The smallest absolute Gasteiger partial charge is 0.262 e. The van der Waals surface area contributed by atoms with Crippen molar-refractivity contribution in [2.75, 3.05) is 12.0 Å². The number of hydrogen-bond donors (Lipinski definition) is 0. The Kier molecular flexibility index (Phi) is 4.99. The Morgan fingerprint density at radius 3 is 2.38 bits per heavy atom. The quantitative estimate of drug-likeness (QED) is 0.418. The van der Waals surface area contributed by atoms with Gasteiger partial charge in [0.15, 0.2) is 11.5 Å². The van der Waals surface area contributed by atoms with Gasteiger partial charge in [0.25, 0.3) is 5.91 Å². The molecule has 7 nitrogen and oxygen atoms in total. The SMILES string of the molecule is COc1ccccc1C(=O)N(Cc1nnc2c3ccccc3c(C)nn12)c1ccccc1. The molecule has 0 aliphatic carbocycles. The number of para-hydroxylation sites is 2. The molecule has 0 spiro atoms. The zero-order valence-corrected chi connectivity index (χ0v) is 17.8. The van der Waals surface area contributed by atoms with Crippen LogP contribution in [0.1, 0.15) is 21.9 Å². The number of ether oxygens (including phenoxy) is 1. The molecule has 1 amide bonds. The molecule has 158 valence electrons. The van der Waals surface area contributed by atoms with E-state index in [-0.39, 0.29) is 12.5 Å². The van der Waals surface area contributed by atoms with E-state index in [4.69, 9.17) is 9.84 Å². The summed E-state index contributed by atoms with van der Waals surface area (Å²) in [7, 11) is 1.56. The number of carbonyl (C=O) groups is 1. The van der Waals surface area contributed by atoms with Crippen LogP contribution in [-0.4, -0.2) is 32.8 Å². The predicted octanol–water partition coefficient (Wildman–Crippen LogP) is 4.44. The fraction of sp³-hybridized carbons (Fsp3) is 0.120. The summed E-state index contributed by atoms with van der Waals surface area (Å²) in [5.41, 5.74) is 2.76. The lowest BCUT2D eigenvalue weighted by molar-refractivity contribution is 0.0981. The summed E-state index contributed by atoms with van der Waals surface area (Å²) in [6.07, 6.45) is 0. The van der Waals surface area contributed by atoms with Crippen LogP contribution < -0.4 is 9.64 Å². The topological polar surface area (TPSA) is 72.6 Å². The van der Waals surface area contributed by atoms with E-state index in [1.165, 1.54) is 0 Å². The maximum absolute atomic E-state index is 13.6. The third-order valence-electron chi connectivity index (χ3n) is 5.46. The summed E-state index contributed by atoms with van der Waals surface area (Å²) in [5.74, 6) is 0.897. The van der Waals surface area contributed by atoms with E-state index in [2.05, 4.69) is 10.2 Å². The molecule has 3 aromatic carbocycles. The summed E-state index contributed by atoms with van der Waals surface area (Å²) in [5, 5.41) is 15.5. The number of carbonyl (C=O) groups excluding carboxylic acids is 1. The van der Waals surface area contributed by atoms with E-state index in [1.54, 1.807) is 28.7 Å². The van der Waals surface area contributed by atoms with E-state index >= 15 is 0 Å².